The lowest BCUT2D eigenvalue weighted by Crippen LogP contribution is -2.43. The third-order valence-corrected chi connectivity index (χ3v) is 2.14. The van der Waals surface area contributed by atoms with Crippen molar-refractivity contribution in [1.29, 1.82) is 0 Å². The second-order valence-electron chi connectivity index (χ2n) is 5.18. The van der Waals surface area contributed by atoms with Crippen molar-refractivity contribution in [2.75, 3.05) is 6.54 Å². The van der Waals surface area contributed by atoms with E-state index in [1.165, 1.54) is 0 Å². The molecule has 0 saturated heterocycles. The molecule has 0 spiro atoms. The molecule has 0 aromatic heterocycles. The molecule has 0 saturated carbocycles. The molecule has 0 rings (SSSR count). The molecule has 0 fully saturated rings. The second-order valence-corrected chi connectivity index (χ2v) is 5.18. The Hall–Kier alpha value is -0.610. The first kappa shape index (κ1) is 14.4. The van der Waals surface area contributed by atoms with Gasteiger partial charge in [-0.25, -0.2) is 0 Å². The number of aliphatic hydroxyl groups is 1. The largest absolute Gasteiger partial charge is 0.391 e. The summed E-state index contributed by atoms with van der Waals surface area (Å²) in [5, 5.41) is 12.3. The summed E-state index contributed by atoms with van der Waals surface area (Å²) in [6.45, 7) is 8.29. The molecule has 0 heterocycles. The maximum Gasteiger partial charge on any atom is 0.236 e. The Balaban J connectivity index is 3.81. The van der Waals surface area contributed by atoms with Crippen molar-refractivity contribution in [2.45, 2.75) is 52.7 Å². The summed E-state index contributed by atoms with van der Waals surface area (Å²) in [4.78, 5) is 11.3. The number of carbonyl (C=O) groups excluding carboxylic acids is 1. The van der Waals surface area contributed by atoms with Gasteiger partial charge in [0.25, 0.3) is 0 Å². The van der Waals surface area contributed by atoms with Gasteiger partial charge in [-0.15, -0.1) is 0 Å². The van der Waals surface area contributed by atoms with Gasteiger partial charge in [-0.2, -0.15) is 0 Å². The van der Waals surface area contributed by atoms with E-state index in [2.05, 4.69) is 26.1 Å². The Labute approximate surface area is 92.2 Å². The Kier molecular flexibility index (Phi) is 5.83. The fourth-order valence-corrected chi connectivity index (χ4v) is 1.31. The third kappa shape index (κ3) is 7.33. The smallest absolute Gasteiger partial charge is 0.236 e. The van der Waals surface area contributed by atoms with E-state index >= 15 is 0 Å². The van der Waals surface area contributed by atoms with Crippen LogP contribution in [-0.2, 0) is 4.79 Å². The maximum atomic E-state index is 11.3. The zero-order valence-corrected chi connectivity index (χ0v) is 10.2. The maximum absolute atomic E-state index is 11.3. The number of hydrogen-bond donors (Lipinski definition) is 3. The first-order chi connectivity index (χ1) is 6.76. The van der Waals surface area contributed by atoms with Gasteiger partial charge in [-0.1, -0.05) is 27.7 Å². The molecule has 0 bridgehead atoms. The quantitative estimate of drug-likeness (QED) is 0.631. The van der Waals surface area contributed by atoms with Crippen LogP contribution in [0.4, 0.5) is 0 Å². The van der Waals surface area contributed by atoms with Crippen molar-refractivity contribution < 1.29 is 9.90 Å². The van der Waals surface area contributed by atoms with E-state index in [1.54, 1.807) is 0 Å². The van der Waals surface area contributed by atoms with E-state index in [9.17, 15) is 9.90 Å². The molecule has 0 aliphatic carbocycles. The van der Waals surface area contributed by atoms with Gasteiger partial charge in [-0.05, 0) is 18.3 Å². The number of hydrogen-bond acceptors (Lipinski definition) is 3. The zero-order valence-electron chi connectivity index (χ0n) is 10.2. The molecule has 4 nitrogen and oxygen atoms in total. The summed E-state index contributed by atoms with van der Waals surface area (Å²) in [5.41, 5.74) is 5.60. The molecule has 0 aliphatic heterocycles. The van der Waals surface area contributed by atoms with Crippen LogP contribution in [0.25, 0.3) is 0 Å². The van der Waals surface area contributed by atoms with Crippen LogP contribution in [0.1, 0.15) is 40.5 Å². The summed E-state index contributed by atoms with van der Waals surface area (Å²) in [7, 11) is 0. The molecule has 0 aliphatic rings. The SMILES string of the molecule is CCC(N)C(=O)NCC(O)CC(C)(C)C. The molecule has 15 heavy (non-hydrogen) atoms. The number of rotatable bonds is 5. The topological polar surface area (TPSA) is 75.4 Å². The Morgan fingerprint density at radius 2 is 2.00 bits per heavy atom. The number of nitrogens with one attached hydrogen (secondary N) is 1. The standard InChI is InChI=1S/C11H24N2O2/c1-5-9(12)10(15)13-7-8(14)6-11(2,3)4/h8-9,14H,5-7,12H2,1-4H3,(H,13,15). The summed E-state index contributed by atoms with van der Waals surface area (Å²) >= 11 is 0. The minimum atomic E-state index is -0.502. The van der Waals surface area contributed by atoms with E-state index < -0.39 is 12.1 Å². The first-order valence-electron chi connectivity index (χ1n) is 5.47. The Morgan fingerprint density at radius 1 is 1.47 bits per heavy atom. The molecule has 90 valence electrons. The van der Waals surface area contributed by atoms with E-state index in [-0.39, 0.29) is 17.9 Å². The van der Waals surface area contributed by atoms with E-state index in [1.807, 2.05) is 6.92 Å². The van der Waals surface area contributed by atoms with Gasteiger partial charge in [0, 0.05) is 6.54 Å². The van der Waals surface area contributed by atoms with Gasteiger partial charge in [0.15, 0.2) is 0 Å². The Bertz CT molecular complexity index is 199. The first-order valence-corrected chi connectivity index (χ1v) is 5.47. The van der Waals surface area contributed by atoms with Crippen molar-refractivity contribution in [3.05, 3.63) is 0 Å². The van der Waals surface area contributed by atoms with Crippen molar-refractivity contribution in [3.63, 3.8) is 0 Å². The van der Waals surface area contributed by atoms with E-state index in [4.69, 9.17) is 5.73 Å². The van der Waals surface area contributed by atoms with Gasteiger partial charge >= 0.3 is 0 Å². The van der Waals surface area contributed by atoms with Crippen LogP contribution in [0, 0.1) is 5.41 Å². The van der Waals surface area contributed by atoms with Crippen LogP contribution < -0.4 is 11.1 Å². The molecule has 2 atom stereocenters. The van der Waals surface area contributed by atoms with Crippen LogP contribution in [0.2, 0.25) is 0 Å². The molecule has 4 N–H and O–H groups in total. The van der Waals surface area contributed by atoms with Crippen LogP contribution in [0.3, 0.4) is 0 Å². The van der Waals surface area contributed by atoms with Crippen LogP contribution in [0.15, 0.2) is 0 Å². The van der Waals surface area contributed by atoms with E-state index in [0.29, 0.717) is 12.8 Å². The van der Waals surface area contributed by atoms with Crippen molar-refractivity contribution in [2.24, 2.45) is 11.1 Å². The molecule has 1 amide bonds. The van der Waals surface area contributed by atoms with Crippen LogP contribution >= 0.6 is 0 Å². The normalized spacial score (nSPS) is 15.9. The van der Waals surface area contributed by atoms with Crippen molar-refractivity contribution in [3.8, 4) is 0 Å². The fraction of sp³-hybridized carbons (Fsp3) is 0.909. The highest BCUT2D eigenvalue weighted by Crippen LogP contribution is 2.20. The molecule has 2 unspecified atom stereocenters. The lowest BCUT2D eigenvalue weighted by atomic mass is 9.89. The molecule has 0 aromatic carbocycles. The summed E-state index contributed by atoms with van der Waals surface area (Å²) < 4.78 is 0. The lowest BCUT2D eigenvalue weighted by Gasteiger charge is -2.22. The molecule has 0 aromatic rings. The summed E-state index contributed by atoms with van der Waals surface area (Å²) in [6.07, 6.45) is 0.772. The van der Waals surface area contributed by atoms with Crippen LogP contribution in [-0.4, -0.2) is 29.7 Å². The van der Waals surface area contributed by atoms with Gasteiger partial charge < -0.3 is 16.2 Å². The number of amides is 1. The van der Waals surface area contributed by atoms with Gasteiger partial charge in [0.1, 0.15) is 0 Å². The molecular weight excluding hydrogens is 192 g/mol. The minimum absolute atomic E-state index is 0.0665. The highest BCUT2D eigenvalue weighted by Gasteiger charge is 2.18. The van der Waals surface area contributed by atoms with Crippen molar-refractivity contribution >= 4 is 5.91 Å². The molecule has 4 heteroatoms. The average Bonchev–Trinajstić information content (AvgIpc) is 2.10. The van der Waals surface area contributed by atoms with Gasteiger partial charge in [0.2, 0.25) is 5.91 Å². The highest BCUT2D eigenvalue weighted by molar-refractivity contribution is 5.81. The predicted molar refractivity (Wildman–Crippen MR) is 61.4 cm³/mol. The van der Waals surface area contributed by atoms with Crippen molar-refractivity contribution in [1.82, 2.24) is 5.32 Å². The number of carbonyl (C=O) groups is 1. The molecular formula is C11H24N2O2. The zero-order chi connectivity index (χ0) is 12.1. The third-order valence-electron chi connectivity index (χ3n) is 2.14. The van der Waals surface area contributed by atoms with E-state index in [0.717, 1.165) is 0 Å². The number of nitrogens with two attached hydrogens (primary N) is 1. The molecule has 0 radical (unpaired) electrons. The van der Waals surface area contributed by atoms with Crippen LogP contribution in [0.5, 0.6) is 0 Å². The number of aliphatic hydroxyl groups excluding tert-OH is 1. The Morgan fingerprint density at radius 3 is 2.40 bits per heavy atom. The van der Waals surface area contributed by atoms with Gasteiger partial charge in [-0.3, -0.25) is 4.79 Å². The fourth-order valence-electron chi connectivity index (χ4n) is 1.31. The lowest BCUT2D eigenvalue weighted by molar-refractivity contribution is -0.123. The second kappa shape index (κ2) is 6.08. The summed E-state index contributed by atoms with van der Waals surface area (Å²) in [5.74, 6) is -0.189. The van der Waals surface area contributed by atoms with Gasteiger partial charge in [0.05, 0.1) is 12.1 Å². The predicted octanol–water partition coefficient (Wildman–Crippen LogP) is 0.637. The summed E-state index contributed by atoms with van der Waals surface area (Å²) in [6, 6.07) is -0.466. The average molecular weight is 216 g/mol. The highest BCUT2D eigenvalue weighted by atomic mass is 16.3. The monoisotopic (exact) mass is 216 g/mol. The minimum Gasteiger partial charge on any atom is -0.391 e.